The van der Waals surface area contributed by atoms with Crippen LogP contribution in [0.5, 0.6) is 0 Å². The second-order valence-electron chi connectivity index (χ2n) is 4.31. The molecule has 0 aliphatic carbocycles. The van der Waals surface area contributed by atoms with E-state index in [4.69, 9.17) is 19.5 Å². The Balaban J connectivity index is 3.64. The first-order chi connectivity index (χ1) is 8.68. The van der Waals surface area contributed by atoms with Crippen LogP contribution in [-0.4, -0.2) is 12.4 Å². The van der Waals surface area contributed by atoms with Gasteiger partial charge in [0.05, 0.1) is 0 Å². The molecule has 0 bridgehead atoms. The van der Waals surface area contributed by atoms with E-state index in [1.165, 1.54) is 44.9 Å². The molecule has 0 saturated heterocycles. The van der Waals surface area contributed by atoms with Gasteiger partial charge in [-0.25, -0.2) is 0 Å². The third kappa shape index (κ3) is 11.4. The average Bonchev–Trinajstić information content (AvgIpc) is 2.38. The maximum absolute atomic E-state index is 5.80. The summed E-state index contributed by atoms with van der Waals surface area (Å²) >= 11 is 8.83. The van der Waals surface area contributed by atoms with Crippen LogP contribution >= 0.6 is 17.1 Å². The molecule has 0 rings (SSSR count). The third-order valence-corrected chi connectivity index (χ3v) is 10.6. The van der Waals surface area contributed by atoms with E-state index in [1.54, 1.807) is 31.6 Å². The molecule has 0 saturated carbocycles. The zero-order chi connectivity index (χ0) is 13.7. The zero-order valence-electron chi connectivity index (χ0n) is 11.6. The van der Waals surface area contributed by atoms with Crippen LogP contribution < -0.4 is 0 Å². The van der Waals surface area contributed by atoms with Crippen molar-refractivity contribution in [3.63, 3.8) is 0 Å². The molecule has 0 aromatic heterocycles. The molecule has 18 heavy (non-hydrogen) atoms. The number of unbranched alkanes of at least 4 members (excludes halogenated alkanes) is 6. The van der Waals surface area contributed by atoms with Gasteiger partial charge in [0, 0.05) is 0 Å². The van der Waals surface area contributed by atoms with E-state index in [9.17, 15) is 0 Å². The third-order valence-electron chi connectivity index (χ3n) is 2.59. The summed E-state index contributed by atoms with van der Waals surface area (Å²) in [7, 11) is 0. The van der Waals surface area contributed by atoms with Crippen LogP contribution in [0, 0.1) is 0 Å². The van der Waals surface area contributed by atoms with E-state index in [2.05, 4.69) is 13.8 Å². The van der Waals surface area contributed by atoms with Crippen LogP contribution in [0.1, 0.15) is 65.2 Å². The van der Waals surface area contributed by atoms with E-state index in [0.717, 1.165) is 18.8 Å². The zero-order valence-corrected chi connectivity index (χ0v) is 16.1. The summed E-state index contributed by atoms with van der Waals surface area (Å²) < 4.78 is 11.2. The molecule has 0 radical (unpaired) electrons. The summed E-state index contributed by atoms with van der Waals surface area (Å²) in [6, 6.07) is 0. The quantitative estimate of drug-likeness (QED) is 0.230. The van der Waals surface area contributed by atoms with Crippen molar-refractivity contribution < 1.29 is 27.9 Å². The predicted octanol–water partition coefficient (Wildman–Crippen LogP) is 5.60. The van der Waals surface area contributed by atoms with E-state index in [-0.39, 0.29) is 0 Å². The van der Waals surface area contributed by atoms with Gasteiger partial charge in [-0.2, -0.15) is 0 Å². The standard InChI is InChI=1S/C12H27O2PS2.Mo/c1-3-5-7-9-11-14-15(13,16)17-12-10-8-6-4-2;/h3-12H2,1-2H3,(H,13,16);/q;+1/p-1. The minimum atomic E-state index is -2.04. The van der Waals surface area contributed by atoms with Gasteiger partial charge < -0.3 is 0 Å². The minimum absolute atomic E-state index is 0.759. The monoisotopic (exact) mass is 395 g/mol. The fraction of sp³-hybridized carbons (Fsp3) is 1.00. The van der Waals surface area contributed by atoms with Crippen molar-refractivity contribution in [1.82, 2.24) is 0 Å². The normalized spacial score (nSPS) is 14.6. The van der Waals surface area contributed by atoms with Crippen molar-refractivity contribution >= 4 is 28.9 Å². The van der Waals surface area contributed by atoms with E-state index < -0.39 is 5.69 Å². The summed E-state index contributed by atoms with van der Waals surface area (Å²) in [6.45, 7) is 5.20. The molecular formula is C12H26MoO2PS2. The van der Waals surface area contributed by atoms with Crippen LogP contribution in [0.2, 0.25) is 0 Å². The van der Waals surface area contributed by atoms with Gasteiger partial charge in [-0.05, 0) is 0 Å². The maximum atomic E-state index is 5.80. The van der Waals surface area contributed by atoms with Gasteiger partial charge in [-0.3, -0.25) is 0 Å². The first-order valence-corrected chi connectivity index (χ1v) is 11.9. The van der Waals surface area contributed by atoms with E-state index >= 15 is 0 Å². The Kier molecular flexibility index (Phi) is 14.8. The van der Waals surface area contributed by atoms with Gasteiger partial charge in [0.25, 0.3) is 0 Å². The van der Waals surface area contributed by atoms with Crippen molar-refractivity contribution in [1.29, 1.82) is 0 Å². The van der Waals surface area contributed by atoms with Crippen LogP contribution in [-0.2, 0) is 39.7 Å². The fourth-order valence-corrected chi connectivity index (χ4v) is 6.36. The molecule has 0 N–H and O–H groups in total. The molecule has 0 spiro atoms. The topological polar surface area (TPSA) is 18.5 Å². The van der Waals surface area contributed by atoms with Crippen molar-refractivity contribution in [2.24, 2.45) is 0 Å². The number of rotatable bonds is 13. The molecule has 6 heteroatoms. The first-order valence-electron chi connectivity index (χ1n) is 6.89. The van der Waals surface area contributed by atoms with Crippen molar-refractivity contribution in [3.05, 3.63) is 0 Å². The van der Waals surface area contributed by atoms with E-state index in [0.29, 0.717) is 0 Å². The SMILES string of the molecule is CCCCCCOP(=S)([O][Mo])SCCCCCC. The molecule has 0 aliphatic rings. The molecule has 1 atom stereocenters. The van der Waals surface area contributed by atoms with Gasteiger partial charge in [-0.1, -0.05) is 0 Å². The molecular weight excluding hydrogens is 367 g/mol. The summed E-state index contributed by atoms with van der Waals surface area (Å²) in [5, 5.41) is 0. The molecule has 0 fully saturated rings. The molecule has 0 aliphatic heterocycles. The fourth-order valence-electron chi connectivity index (χ4n) is 1.49. The molecule has 1 unspecified atom stereocenters. The van der Waals surface area contributed by atoms with E-state index in [1.807, 2.05) is 0 Å². The second-order valence-corrected chi connectivity index (χ2v) is 11.7. The van der Waals surface area contributed by atoms with Crippen molar-refractivity contribution in [2.45, 2.75) is 65.2 Å². The molecule has 2 nitrogen and oxygen atoms in total. The van der Waals surface area contributed by atoms with Gasteiger partial charge >= 0.3 is 134 Å². The molecule has 0 aromatic rings. The predicted molar refractivity (Wildman–Crippen MR) is 82.1 cm³/mol. The number of hydrogen-bond acceptors (Lipinski definition) is 4. The Hall–Kier alpha value is 1.61. The molecule has 0 amide bonds. The Labute approximate surface area is 134 Å². The average molecular weight is 393 g/mol. The Morgan fingerprint density at radius 1 is 1.00 bits per heavy atom. The summed E-state index contributed by atoms with van der Waals surface area (Å²) in [4.78, 5) is 0. The summed E-state index contributed by atoms with van der Waals surface area (Å²) in [6.07, 6.45) is 9.98. The summed E-state index contributed by atoms with van der Waals surface area (Å²) in [5.74, 6) is 1.07. The first kappa shape index (κ1) is 19.6. The molecule has 0 aromatic carbocycles. The van der Waals surface area contributed by atoms with Crippen molar-refractivity contribution in [3.8, 4) is 0 Å². The second kappa shape index (κ2) is 13.6. The summed E-state index contributed by atoms with van der Waals surface area (Å²) in [5.41, 5.74) is -2.04. The van der Waals surface area contributed by atoms with Crippen LogP contribution in [0.4, 0.5) is 0 Å². The Bertz CT molecular complexity index is 212. The molecule has 0 heterocycles. The number of hydrogen-bond donors (Lipinski definition) is 0. The van der Waals surface area contributed by atoms with Gasteiger partial charge in [0.15, 0.2) is 0 Å². The van der Waals surface area contributed by atoms with Crippen LogP contribution in [0.3, 0.4) is 0 Å². The Morgan fingerprint density at radius 2 is 1.61 bits per heavy atom. The van der Waals surface area contributed by atoms with Crippen LogP contribution in [0.15, 0.2) is 0 Å². The van der Waals surface area contributed by atoms with Crippen molar-refractivity contribution in [2.75, 3.05) is 12.4 Å². The molecule has 109 valence electrons. The Morgan fingerprint density at radius 3 is 2.17 bits per heavy atom. The van der Waals surface area contributed by atoms with Gasteiger partial charge in [0.2, 0.25) is 0 Å². The van der Waals surface area contributed by atoms with Gasteiger partial charge in [-0.15, -0.1) is 0 Å². The van der Waals surface area contributed by atoms with Gasteiger partial charge in [0.1, 0.15) is 0 Å². The van der Waals surface area contributed by atoms with Crippen LogP contribution in [0.25, 0.3) is 0 Å².